The third kappa shape index (κ3) is 5.62. The summed E-state index contributed by atoms with van der Waals surface area (Å²) in [5, 5.41) is 4.40. The van der Waals surface area contributed by atoms with Crippen LogP contribution in [0.2, 0.25) is 10.0 Å². The van der Waals surface area contributed by atoms with Crippen molar-refractivity contribution in [2.75, 3.05) is 0 Å². The van der Waals surface area contributed by atoms with Gasteiger partial charge in [0.2, 0.25) is 0 Å². The zero-order valence-electron chi connectivity index (χ0n) is 18.0. The lowest BCUT2D eigenvalue weighted by Gasteiger charge is -2.24. The molecule has 0 aliphatic heterocycles. The fourth-order valence-electron chi connectivity index (χ4n) is 3.95. The number of allylic oxidation sites excluding steroid dienone is 2. The zero-order chi connectivity index (χ0) is 23.7. The van der Waals surface area contributed by atoms with Crippen LogP contribution in [0.25, 0.3) is 0 Å². The van der Waals surface area contributed by atoms with E-state index in [1.807, 2.05) is 4.90 Å². The lowest BCUT2D eigenvalue weighted by molar-refractivity contribution is -0.115. The smallest absolute Gasteiger partial charge is 0.344 e. The van der Waals surface area contributed by atoms with Gasteiger partial charge in [0.1, 0.15) is 11.5 Å². The van der Waals surface area contributed by atoms with E-state index in [-0.39, 0.29) is 41.2 Å². The summed E-state index contributed by atoms with van der Waals surface area (Å²) in [5.74, 6) is -0.422. The highest BCUT2D eigenvalue weighted by atomic mass is 35.5. The highest BCUT2D eigenvalue weighted by Crippen LogP contribution is 2.36. The van der Waals surface area contributed by atoms with E-state index in [0.29, 0.717) is 41.2 Å². The molecule has 1 saturated carbocycles. The summed E-state index contributed by atoms with van der Waals surface area (Å²) >= 11 is 13.0. The molecule has 1 aromatic carbocycles. The number of hydrogen-bond donors (Lipinski definition) is 0. The Morgan fingerprint density at radius 2 is 2.03 bits per heavy atom. The van der Waals surface area contributed by atoms with Gasteiger partial charge in [-0.15, -0.1) is 0 Å². The normalized spacial score (nSPS) is 16.5. The lowest BCUT2D eigenvalue weighted by Crippen LogP contribution is -2.26. The van der Waals surface area contributed by atoms with Crippen molar-refractivity contribution in [3.63, 3.8) is 0 Å². The van der Waals surface area contributed by atoms with Gasteiger partial charge in [-0.1, -0.05) is 23.2 Å². The van der Waals surface area contributed by atoms with E-state index in [1.54, 1.807) is 19.3 Å². The van der Waals surface area contributed by atoms with Gasteiger partial charge in [-0.25, -0.2) is 13.6 Å². The zero-order valence-corrected chi connectivity index (χ0v) is 19.5. The van der Waals surface area contributed by atoms with Crippen LogP contribution >= 0.6 is 23.2 Å². The molecule has 0 radical (unpaired) electrons. The number of esters is 1. The Hall–Kier alpha value is -2.29. The number of carbonyl (C=O) groups excluding carboxylic acids is 2. The van der Waals surface area contributed by atoms with Crippen LogP contribution in [0.15, 0.2) is 30.2 Å². The molecule has 0 bridgehead atoms. The van der Waals surface area contributed by atoms with Crippen molar-refractivity contribution in [2.24, 2.45) is 7.05 Å². The fourth-order valence-corrected chi connectivity index (χ4v) is 4.52. The maximum atomic E-state index is 13.4. The van der Waals surface area contributed by atoms with Crippen LogP contribution < -0.4 is 0 Å². The minimum absolute atomic E-state index is 0.0782. The summed E-state index contributed by atoms with van der Waals surface area (Å²) in [4.78, 5) is 26.4. The Kier molecular flexibility index (Phi) is 7.16. The second-order valence-electron chi connectivity index (χ2n) is 8.36. The maximum absolute atomic E-state index is 13.4. The average Bonchev–Trinajstić information content (AvgIpc) is 3.52. The summed E-state index contributed by atoms with van der Waals surface area (Å²) in [6, 6.07) is 3.26. The Balaban J connectivity index is 1.56. The van der Waals surface area contributed by atoms with Gasteiger partial charge in [0, 0.05) is 67.4 Å². The van der Waals surface area contributed by atoms with Crippen molar-refractivity contribution in [3.8, 4) is 0 Å². The van der Waals surface area contributed by atoms with Gasteiger partial charge in [0.15, 0.2) is 5.78 Å². The Labute approximate surface area is 200 Å². The van der Waals surface area contributed by atoms with Crippen molar-refractivity contribution >= 4 is 35.0 Å². The monoisotopic (exact) mass is 497 g/mol. The quantitative estimate of drug-likeness (QED) is 0.442. The van der Waals surface area contributed by atoms with Gasteiger partial charge in [-0.05, 0) is 31.4 Å². The Bertz CT molecular complexity index is 1110. The molecule has 2 aliphatic rings. The minimum atomic E-state index is -2.67. The van der Waals surface area contributed by atoms with Crippen LogP contribution in [0.1, 0.15) is 65.7 Å². The van der Waals surface area contributed by atoms with Gasteiger partial charge >= 0.3 is 5.97 Å². The summed E-state index contributed by atoms with van der Waals surface area (Å²) < 4.78 is 33.6. The molecule has 33 heavy (non-hydrogen) atoms. The number of carbonyl (C=O) groups is 2. The summed E-state index contributed by atoms with van der Waals surface area (Å²) in [6.45, 7) is 0.538. The van der Waals surface area contributed by atoms with E-state index < -0.39 is 12.4 Å². The van der Waals surface area contributed by atoms with Crippen molar-refractivity contribution in [2.45, 2.75) is 57.7 Å². The molecule has 1 aromatic heterocycles. The lowest BCUT2D eigenvalue weighted by atomic mass is 10.1. The third-order valence-electron chi connectivity index (χ3n) is 5.74. The van der Waals surface area contributed by atoms with Gasteiger partial charge in [-0.2, -0.15) is 5.10 Å². The molecule has 2 aromatic rings. The molecule has 6 nitrogen and oxygen atoms in total. The number of ether oxygens (including phenoxy) is 1. The first-order chi connectivity index (χ1) is 15.7. The number of nitrogens with zero attached hydrogens (tertiary/aromatic N) is 3. The number of ketones is 1. The van der Waals surface area contributed by atoms with E-state index >= 15 is 0 Å². The predicted octanol–water partition coefficient (Wildman–Crippen LogP) is 5.62. The van der Waals surface area contributed by atoms with Gasteiger partial charge in [0.05, 0.1) is 10.6 Å². The topological polar surface area (TPSA) is 64.4 Å². The standard InChI is InChI=1S/C23H23Cl2F2N3O3/c1-29-10-13(21(28-29)22(26)27)11-30(14-5-6-14)12-18-19(24)8-7-17(20(18)25)23(32)33-16-4-2-3-15(31)9-16/h7-10,14,22H,2-6,11-12H2,1H3. The molecule has 0 amide bonds. The molecule has 0 N–H and O–H groups in total. The molecule has 0 unspecified atom stereocenters. The number of benzene rings is 1. The molecule has 0 spiro atoms. The Morgan fingerprint density at radius 3 is 2.70 bits per heavy atom. The van der Waals surface area contributed by atoms with Crippen molar-refractivity contribution in [3.05, 3.63) is 62.6 Å². The maximum Gasteiger partial charge on any atom is 0.344 e. The second-order valence-corrected chi connectivity index (χ2v) is 9.14. The van der Waals surface area contributed by atoms with Crippen molar-refractivity contribution in [1.82, 2.24) is 14.7 Å². The van der Waals surface area contributed by atoms with E-state index in [4.69, 9.17) is 27.9 Å². The molecule has 1 fully saturated rings. The molecule has 4 rings (SSSR count). The van der Waals surface area contributed by atoms with Crippen LogP contribution in [0.3, 0.4) is 0 Å². The van der Waals surface area contributed by atoms with Crippen LogP contribution in [0.5, 0.6) is 0 Å². The highest BCUT2D eigenvalue weighted by molar-refractivity contribution is 6.38. The molecule has 2 aliphatic carbocycles. The average molecular weight is 498 g/mol. The molecular weight excluding hydrogens is 475 g/mol. The summed E-state index contributed by atoms with van der Waals surface area (Å²) in [5.41, 5.74) is 0.861. The number of aromatic nitrogens is 2. The van der Waals surface area contributed by atoms with Gasteiger partial charge in [-0.3, -0.25) is 14.4 Å². The molecule has 10 heteroatoms. The molecule has 1 heterocycles. The number of halogens is 4. The van der Waals surface area contributed by atoms with E-state index in [1.165, 1.54) is 16.8 Å². The second kappa shape index (κ2) is 9.91. The molecule has 176 valence electrons. The summed E-state index contributed by atoms with van der Waals surface area (Å²) in [6.07, 6.45) is 3.70. The van der Waals surface area contributed by atoms with E-state index in [9.17, 15) is 18.4 Å². The van der Waals surface area contributed by atoms with E-state index in [2.05, 4.69) is 5.10 Å². The first-order valence-corrected chi connectivity index (χ1v) is 11.5. The number of alkyl halides is 2. The first-order valence-electron chi connectivity index (χ1n) is 10.7. The molecule has 0 atom stereocenters. The number of hydrogen-bond acceptors (Lipinski definition) is 5. The largest absolute Gasteiger partial charge is 0.427 e. The van der Waals surface area contributed by atoms with Crippen LogP contribution in [0, 0.1) is 0 Å². The van der Waals surface area contributed by atoms with Crippen LogP contribution in [-0.2, 0) is 29.7 Å². The Morgan fingerprint density at radius 1 is 1.27 bits per heavy atom. The van der Waals surface area contributed by atoms with Crippen molar-refractivity contribution in [1.29, 1.82) is 0 Å². The van der Waals surface area contributed by atoms with Crippen LogP contribution in [0.4, 0.5) is 8.78 Å². The fraction of sp³-hybridized carbons (Fsp3) is 0.435. The SMILES string of the molecule is Cn1cc(CN(Cc2c(Cl)ccc(C(=O)OC3=CC(=O)CCC3)c2Cl)C2CC2)c(C(F)F)n1. The first kappa shape index (κ1) is 23.9. The van der Waals surface area contributed by atoms with Gasteiger partial charge < -0.3 is 4.74 Å². The summed E-state index contributed by atoms with van der Waals surface area (Å²) in [7, 11) is 1.61. The number of aryl methyl sites for hydroxylation is 1. The van der Waals surface area contributed by atoms with Gasteiger partial charge in [0.25, 0.3) is 6.43 Å². The molecular formula is C23H23Cl2F2N3O3. The van der Waals surface area contributed by atoms with Crippen molar-refractivity contribution < 1.29 is 23.1 Å². The highest BCUT2D eigenvalue weighted by Gasteiger charge is 2.32. The number of rotatable bonds is 8. The minimum Gasteiger partial charge on any atom is -0.427 e. The molecule has 0 saturated heterocycles. The third-order valence-corrected chi connectivity index (χ3v) is 6.53. The van der Waals surface area contributed by atoms with E-state index in [0.717, 1.165) is 12.8 Å². The van der Waals surface area contributed by atoms with Crippen LogP contribution in [-0.4, -0.2) is 32.5 Å². The predicted molar refractivity (Wildman–Crippen MR) is 119 cm³/mol.